The number of nitrogens with zero attached hydrogens (tertiary/aromatic N) is 1. The van der Waals surface area contributed by atoms with Gasteiger partial charge in [0.1, 0.15) is 23.3 Å². The first-order valence-electron chi connectivity index (χ1n) is 13.0. The minimum atomic E-state index is -1.43. The van der Waals surface area contributed by atoms with Crippen LogP contribution in [0.25, 0.3) is 0 Å². The Morgan fingerprint density at radius 3 is 2.34 bits per heavy atom. The maximum absolute atomic E-state index is 14.6. The molecule has 7 heteroatoms. The predicted molar refractivity (Wildman–Crippen MR) is 143 cm³/mol. The van der Waals surface area contributed by atoms with Crippen molar-refractivity contribution in [2.24, 2.45) is 5.92 Å². The number of carbonyl (C=O) groups excluding carboxylic acids is 3. The molecule has 4 aliphatic heterocycles. The summed E-state index contributed by atoms with van der Waals surface area (Å²) in [4.78, 5) is 45.5. The number of ether oxygens (including phenoxy) is 1. The van der Waals surface area contributed by atoms with Gasteiger partial charge in [0.25, 0.3) is 5.91 Å². The summed E-state index contributed by atoms with van der Waals surface area (Å²) >= 11 is 0. The lowest BCUT2D eigenvalue weighted by atomic mass is 9.57. The van der Waals surface area contributed by atoms with E-state index in [4.69, 9.17) is 4.74 Å². The highest BCUT2D eigenvalue weighted by atomic mass is 16.5. The molecule has 38 heavy (non-hydrogen) atoms. The lowest BCUT2D eigenvalue weighted by Gasteiger charge is -2.43. The smallest absolute Gasteiger partial charge is 0.251 e. The maximum Gasteiger partial charge on any atom is 0.251 e. The number of carbonyl (C=O) groups is 3. The predicted octanol–water partition coefficient (Wildman–Crippen LogP) is 4.27. The van der Waals surface area contributed by atoms with Crippen LogP contribution in [-0.4, -0.2) is 41.7 Å². The molecule has 7 rings (SSSR count). The number of ketones is 1. The van der Waals surface area contributed by atoms with E-state index in [2.05, 4.69) is 22.1 Å². The van der Waals surface area contributed by atoms with Crippen molar-refractivity contribution in [2.75, 3.05) is 23.8 Å². The first-order chi connectivity index (χ1) is 18.5. The van der Waals surface area contributed by atoms with Crippen LogP contribution in [0, 0.1) is 5.92 Å². The van der Waals surface area contributed by atoms with Crippen molar-refractivity contribution in [1.29, 1.82) is 0 Å². The molecule has 3 aromatic rings. The van der Waals surface area contributed by atoms with Crippen molar-refractivity contribution in [2.45, 2.75) is 29.8 Å². The van der Waals surface area contributed by atoms with E-state index < -0.39 is 16.9 Å². The molecule has 0 aliphatic carbocycles. The fraction of sp³-hybridized carbons (Fsp3) is 0.258. The minimum absolute atomic E-state index is 0.141. The molecule has 190 valence electrons. The SMILES string of the molecule is C=CCOc1ccc(C(=O)[C@@H]2[C@@H]3CCCN3[C@]3(C(=O)Nc4ccccc43)[C@]23C(=O)Nc2ccccc23)cc1. The molecule has 2 saturated heterocycles. The van der Waals surface area contributed by atoms with E-state index in [1.807, 2.05) is 48.5 Å². The van der Waals surface area contributed by atoms with Crippen LogP contribution in [0.15, 0.2) is 85.5 Å². The first-order valence-corrected chi connectivity index (χ1v) is 13.0. The Bertz CT molecular complexity index is 1520. The molecule has 2 N–H and O–H groups in total. The largest absolute Gasteiger partial charge is 0.490 e. The monoisotopic (exact) mass is 505 g/mol. The summed E-state index contributed by atoms with van der Waals surface area (Å²) in [5, 5.41) is 6.14. The molecule has 0 radical (unpaired) electrons. The van der Waals surface area contributed by atoms with Crippen LogP contribution in [-0.2, 0) is 20.5 Å². The van der Waals surface area contributed by atoms with Gasteiger partial charge in [-0.25, -0.2) is 0 Å². The molecule has 4 atom stereocenters. The number of fused-ring (bicyclic) bond motifs is 7. The fourth-order valence-electron chi connectivity index (χ4n) is 7.58. The van der Waals surface area contributed by atoms with E-state index in [0.717, 1.165) is 18.4 Å². The van der Waals surface area contributed by atoms with Crippen LogP contribution in [0.3, 0.4) is 0 Å². The first kappa shape index (κ1) is 22.9. The molecule has 4 aliphatic rings. The zero-order valence-electron chi connectivity index (χ0n) is 20.8. The lowest BCUT2D eigenvalue weighted by Crippen LogP contribution is -2.62. The highest BCUT2D eigenvalue weighted by Gasteiger charge is 2.81. The average Bonchev–Trinajstić information content (AvgIpc) is 3.66. The molecule has 0 bridgehead atoms. The number of benzene rings is 3. The normalized spacial score (nSPS) is 28.6. The topological polar surface area (TPSA) is 87.7 Å². The number of hydrogen-bond acceptors (Lipinski definition) is 5. The van der Waals surface area contributed by atoms with Gasteiger partial charge in [0.2, 0.25) is 5.91 Å². The van der Waals surface area contributed by atoms with Gasteiger partial charge >= 0.3 is 0 Å². The molecule has 0 saturated carbocycles. The molecule has 3 aromatic carbocycles. The van der Waals surface area contributed by atoms with Gasteiger partial charge in [-0.15, -0.1) is 0 Å². The van der Waals surface area contributed by atoms with Crippen LogP contribution in [0.5, 0.6) is 5.75 Å². The second-order valence-corrected chi connectivity index (χ2v) is 10.4. The Morgan fingerprint density at radius 1 is 0.947 bits per heavy atom. The van der Waals surface area contributed by atoms with Gasteiger partial charge in [-0.3, -0.25) is 19.3 Å². The van der Waals surface area contributed by atoms with Crippen LogP contribution >= 0.6 is 0 Å². The molecule has 0 aromatic heterocycles. The number of para-hydroxylation sites is 2. The Hall–Kier alpha value is -4.23. The summed E-state index contributed by atoms with van der Waals surface area (Å²) in [6, 6.07) is 21.8. The highest BCUT2D eigenvalue weighted by Crippen LogP contribution is 2.67. The van der Waals surface area contributed by atoms with Gasteiger partial charge in [-0.1, -0.05) is 49.1 Å². The van der Waals surface area contributed by atoms with Gasteiger partial charge in [0, 0.05) is 28.5 Å². The van der Waals surface area contributed by atoms with Crippen LogP contribution in [0.1, 0.15) is 34.3 Å². The fourth-order valence-corrected chi connectivity index (χ4v) is 7.58. The second kappa shape index (κ2) is 8.13. The van der Waals surface area contributed by atoms with Crippen molar-refractivity contribution in [3.05, 3.63) is 102 Å². The van der Waals surface area contributed by atoms with E-state index >= 15 is 0 Å². The van der Waals surface area contributed by atoms with Gasteiger partial charge in [-0.2, -0.15) is 0 Å². The summed E-state index contributed by atoms with van der Waals surface area (Å²) in [7, 11) is 0. The molecule has 2 fully saturated rings. The average molecular weight is 506 g/mol. The van der Waals surface area contributed by atoms with E-state index in [1.54, 1.807) is 30.3 Å². The van der Waals surface area contributed by atoms with Gasteiger partial charge in [0.05, 0.1) is 5.92 Å². The standard InChI is InChI=1S/C31H27N3O4/c1-2-18-38-20-15-13-19(14-16-20)27(35)26-25-12-7-17-34(25)31(22-9-4-6-11-24(22)33-29(31)37)30(26)21-8-3-5-10-23(21)32-28(30)36/h2-6,8-11,13-16,25-26H,1,7,12,17-18H2,(H,32,36)(H,33,37)/t25-,26-,30-,31+/m0/s1. The summed E-state index contributed by atoms with van der Waals surface area (Å²) in [5.41, 5.74) is 0.531. The van der Waals surface area contributed by atoms with Crippen molar-refractivity contribution in [1.82, 2.24) is 4.90 Å². The summed E-state index contributed by atoms with van der Waals surface area (Å²) < 4.78 is 5.62. The molecular formula is C31H27N3O4. The van der Waals surface area contributed by atoms with Crippen molar-refractivity contribution < 1.29 is 19.1 Å². The molecular weight excluding hydrogens is 478 g/mol. The Kier molecular flexibility index (Phi) is 4.91. The zero-order valence-corrected chi connectivity index (χ0v) is 20.8. The Labute approximate surface area is 220 Å². The molecule has 0 unspecified atom stereocenters. The molecule has 4 heterocycles. The number of amides is 2. The lowest BCUT2D eigenvalue weighted by molar-refractivity contribution is -0.137. The third-order valence-electron chi connectivity index (χ3n) is 8.79. The van der Waals surface area contributed by atoms with Crippen molar-refractivity contribution in [3.63, 3.8) is 0 Å². The number of anilines is 2. The van der Waals surface area contributed by atoms with Gasteiger partial charge in [-0.05, 0) is 61.3 Å². The van der Waals surface area contributed by atoms with Crippen LogP contribution in [0.4, 0.5) is 11.4 Å². The minimum Gasteiger partial charge on any atom is -0.490 e. The van der Waals surface area contributed by atoms with E-state index in [1.165, 1.54) is 0 Å². The van der Waals surface area contributed by atoms with Crippen LogP contribution in [0.2, 0.25) is 0 Å². The molecule has 2 spiro atoms. The van der Waals surface area contributed by atoms with E-state index in [-0.39, 0.29) is 23.6 Å². The summed E-state index contributed by atoms with van der Waals surface area (Å²) in [6.07, 6.45) is 3.24. The number of hydrogen-bond donors (Lipinski definition) is 2. The second-order valence-electron chi connectivity index (χ2n) is 10.4. The molecule has 2 amide bonds. The quantitative estimate of drug-likeness (QED) is 0.400. The Balaban J connectivity index is 1.49. The van der Waals surface area contributed by atoms with E-state index in [0.29, 0.717) is 41.4 Å². The Morgan fingerprint density at radius 2 is 1.61 bits per heavy atom. The number of rotatable bonds is 5. The summed E-state index contributed by atoms with van der Waals surface area (Å²) in [5.74, 6) is -0.816. The van der Waals surface area contributed by atoms with E-state index in [9.17, 15) is 14.4 Å². The maximum atomic E-state index is 14.6. The number of nitrogens with one attached hydrogen (secondary N) is 2. The van der Waals surface area contributed by atoms with Gasteiger partial charge in [0.15, 0.2) is 5.78 Å². The third kappa shape index (κ3) is 2.64. The molecule has 7 nitrogen and oxygen atoms in total. The zero-order chi connectivity index (χ0) is 26.1. The van der Waals surface area contributed by atoms with Crippen LogP contribution < -0.4 is 15.4 Å². The highest BCUT2D eigenvalue weighted by molar-refractivity contribution is 6.21. The third-order valence-corrected chi connectivity index (χ3v) is 8.79. The van der Waals surface area contributed by atoms with Crippen molar-refractivity contribution in [3.8, 4) is 5.75 Å². The van der Waals surface area contributed by atoms with Gasteiger partial charge < -0.3 is 15.4 Å². The summed E-state index contributed by atoms with van der Waals surface area (Å²) in [6.45, 7) is 4.67. The number of Topliss-reactive ketones (excluding diaryl/α,β-unsaturated/α-hetero) is 1. The van der Waals surface area contributed by atoms with Crippen molar-refractivity contribution >= 4 is 29.0 Å².